The van der Waals surface area contributed by atoms with Crippen LogP contribution in [0.1, 0.15) is 19.4 Å². The van der Waals surface area contributed by atoms with E-state index < -0.39 is 5.97 Å². The molecule has 0 radical (unpaired) electrons. The van der Waals surface area contributed by atoms with Crippen LogP contribution in [0.4, 0.5) is 5.95 Å². The summed E-state index contributed by atoms with van der Waals surface area (Å²) in [6, 6.07) is 0. The molecule has 1 rings (SSSR count). The van der Waals surface area contributed by atoms with Gasteiger partial charge in [0.25, 0.3) is 0 Å². The zero-order valence-electron chi connectivity index (χ0n) is 12.2. The Morgan fingerprint density at radius 2 is 1.90 bits per heavy atom. The number of nitrogens with zero attached hydrogens (tertiary/aromatic N) is 3. The van der Waals surface area contributed by atoms with Gasteiger partial charge in [-0.25, -0.2) is 14.8 Å². The third-order valence-electron chi connectivity index (χ3n) is 2.74. The quantitative estimate of drug-likeness (QED) is 0.659. The highest BCUT2D eigenvalue weighted by atomic mass is 16.4. The van der Waals surface area contributed by atoms with Gasteiger partial charge in [0.2, 0.25) is 5.95 Å². The number of carboxylic acid groups (broad SMARTS) is 1. The molecule has 0 aliphatic carbocycles. The SMILES string of the molecule is C=C(/C=C(C)/C(=C\C)C(=O)O)c1cnc(N(C)C)nc1. The molecule has 106 valence electrons. The number of hydrogen-bond acceptors (Lipinski definition) is 4. The monoisotopic (exact) mass is 273 g/mol. The van der Waals surface area contributed by atoms with Gasteiger partial charge in [0.15, 0.2) is 0 Å². The highest BCUT2D eigenvalue weighted by Crippen LogP contribution is 2.18. The van der Waals surface area contributed by atoms with Gasteiger partial charge in [-0.3, -0.25) is 0 Å². The first-order valence-corrected chi connectivity index (χ1v) is 6.13. The van der Waals surface area contributed by atoms with Crippen LogP contribution >= 0.6 is 0 Å². The highest BCUT2D eigenvalue weighted by Gasteiger charge is 2.09. The van der Waals surface area contributed by atoms with Crippen molar-refractivity contribution in [3.05, 3.63) is 47.8 Å². The lowest BCUT2D eigenvalue weighted by Crippen LogP contribution is -2.12. The fourth-order valence-electron chi connectivity index (χ4n) is 1.66. The molecule has 5 heteroatoms. The van der Waals surface area contributed by atoms with E-state index in [0.29, 0.717) is 17.1 Å². The summed E-state index contributed by atoms with van der Waals surface area (Å²) in [6.45, 7) is 7.36. The first kappa shape index (κ1) is 15.6. The zero-order valence-corrected chi connectivity index (χ0v) is 12.2. The Kier molecular flexibility index (Phi) is 5.20. The lowest BCUT2D eigenvalue weighted by Gasteiger charge is -2.10. The van der Waals surface area contributed by atoms with E-state index in [4.69, 9.17) is 5.11 Å². The summed E-state index contributed by atoms with van der Waals surface area (Å²) < 4.78 is 0. The third kappa shape index (κ3) is 3.78. The first-order valence-electron chi connectivity index (χ1n) is 6.13. The number of rotatable bonds is 5. The van der Waals surface area contributed by atoms with Gasteiger partial charge in [-0.2, -0.15) is 0 Å². The Hall–Kier alpha value is -2.43. The van der Waals surface area contributed by atoms with Crippen LogP contribution in [-0.4, -0.2) is 35.1 Å². The molecular formula is C15H19N3O2. The highest BCUT2D eigenvalue weighted by molar-refractivity contribution is 5.92. The molecule has 0 aliphatic rings. The topological polar surface area (TPSA) is 66.3 Å². The maximum Gasteiger partial charge on any atom is 0.335 e. The lowest BCUT2D eigenvalue weighted by atomic mass is 10.0. The first-order chi connectivity index (χ1) is 9.36. The van der Waals surface area contributed by atoms with E-state index in [-0.39, 0.29) is 5.57 Å². The molecule has 1 aromatic heterocycles. The zero-order chi connectivity index (χ0) is 15.3. The van der Waals surface area contributed by atoms with Gasteiger partial charge in [0.05, 0.1) is 5.57 Å². The Morgan fingerprint density at radius 1 is 1.35 bits per heavy atom. The Labute approximate surface area is 119 Å². The fraction of sp³-hybridized carbons (Fsp3) is 0.267. The number of carbonyl (C=O) groups is 1. The molecule has 0 atom stereocenters. The standard InChI is InChI=1S/C15H19N3O2/c1-6-13(14(19)20)11(3)7-10(2)12-8-16-15(17-9-12)18(4)5/h6-9H,2H2,1,3-5H3,(H,19,20)/b11-7+,13-6+. The average Bonchev–Trinajstić information content (AvgIpc) is 2.39. The molecule has 1 heterocycles. The second kappa shape index (κ2) is 6.65. The summed E-state index contributed by atoms with van der Waals surface area (Å²) in [5.41, 5.74) is 2.34. The Morgan fingerprint density at radius 3 is 2.30 bits per heavy atom. The van der Waals surface area contributed by atoms with E-state index in [1.54, 1.807) is 43.3 Å². The third-order valence-corrected chi connectivity index (χ3v) is 2.74. The van der Waals surface area contributed by atoms with Crippen LogP contribution in [0.25, 0.3) is 5.57 Å². The molecule has 0 fully saturated rings. The molecule has 0 aliphatic heterocycles. The van der Waals surface area contributed by atoms with Crippen LogP contribution in [0.2, 0.25) is 0 Å². The summed E-state index contributed by atoms with van der Waals surface area (Å²) in [4.78, 5) is 21.2. The Balaban J connectivity index is 2.98. The predicted octanol–water partition coefficient (Wildman–Crippen LogP) is 2.53. The summed E-state index contributed by atoms with van der Waals surface area (Å²) in [6.07, 6.45) is 6.62. The van der Waals surface area contributed by atoms with Crippen molar-refractivity contribution in [2.75, 3.05) is 19.0 Å². The lowest BCUT2D eigenvalue weighted by molar-refractivity contribution is -0.132. The summed E-state index contributed by atoms with van der Waals surface area (Å²) in [5.74, 6) is -0.338. The number of allylic oxidation sites excluding steroid dienone is 3. The fourth-order valence-corrected chi connectivity index (χ4v) is 1.66. The van der Waals surface area contributed by atoms with Crippen LogP contribution in [0.5, 0.6) is 0 Å². The minimum absolute atomic E-state index is 0.261. The molecular weight excluding hydrogens is 254 g/mol. The van der Waals surface area contributed by atoms with Crippen LogP contribution in [0.3, 0.4) is 0 Å². The molecule has 0 bridgehead atoms. The Bertz CT molecular complexity index is 569. The molecule has 0 unspecified atom stereocenters. The smallest absolute Gasteiger partial charge is 0.335 e. The van der Waals surface area contributed by atoms with E-state index in [1.165, 1.54) is 0 Å². The largest absolute Gasteiger partial charge is 0.478 e. The van der Waals surface area contributed by atoms with Gasteiger partial charge in [0.1, 0.15) is 0 Å². The van der Waals surface area contributed by atoms with Crippen molar-refractivity contribution in [3.8, 4) is 0 Å². The molecule has 0 spiro atoms. The van der Waals surface area contributed by atoms with Gasteiger partial charge in [-0.05, 0) is 25.0 Å². The van der Waals surface area contributed by atoms with Gasteiger partial charge in [0, 0.05) is 32.1 Å². The van der Waals surface area contributed by atoms with Gasteiger partial charge >= 0.3 is 5.97 Å². The second-order valence-electron chi connectivity index (χ2n) is 4.53. The summed E-state index contributed by atoms with van der Waals surface area (Å²) >= 11 is 0. The van der Waals surface area contributed by atoms with E-state index in [9.17, 15) is 4.79 Å². The van der Waals surface area contributed by atoms with Crippen molar-refractivity contribution < 1.29 is 9.90 Å². The van der Waals surface area contributed by atoms with Crippen LogP contribution in [-0.2, 0) is 4.79 Å². The molecule has 0 amide bonds. The molecule has 0 saturated carbocycles. The van der Waals surface area contributed by atoms with E-state index in [1.807, 2.05) is 14.1 Å². The van der Waals surface area contributed by atoms with Gasteiger partial charge in [-0.15, -0.1) is 0 Å². The summed E-state index contributed by atoms with van der Waals surface area (Å²) in [5, 5.41) is 9.06. The predicted molar refractivity (Wildman–Crippen MR) is 80.5 cm³/mol. The maximum absolute atomic E-state index is 11.0. The van der Waals surface area contributed by atoms with Crippen molar-refractivity contribution in [1.29, 1.82) is 0 Å². The van der Waals surface area contributed by atoms with Gasteiger partial charge < -0.3 is 10.0 Å². The van der Waals surface area contributed by atoms with E-state index >= 15 is 0 Å². The molecule has 1 N–H and O–H groups in total. The molecule has 0 saturated heterocycles. The minimum Gasteiger partial charge on any atom is -0.478 e. The number of aliphatic carboxylic acids is 1. The van der Waals surface area contributed by atoms with E-state index in [0.717, 1.165) is 5.56 Å². The molecule has 0 aromatic carbocycles. The van der Waals surface area contributed by atoms with Crippen molar-refractivity contribution in [2.24, 2.45) is 0 Å². The van der Waals surface area contributed by atoms with E-state index in [2.05, 4.69) is 16.5 Å². The number of hydrogen-bond donors (Lipinski definition) is 1. The molecule has 20 heavy (non-hydrogen) atoms. The van der Waals surface area contributed by atoms with Crippen molar-refractivity contribution >= 4 is 17.5 Å². The number of carboxylic acids is 1. The van der Waals surface area contributed by atoms with Crippen LogP contribution in [0.15, 0.2) is 42.3 Å². The van der Waals surface area contributed by atoms with Crippen molar-refractivity contribution in [2.45, 2.75) is 13.8 Å². The molecule has 5 nitrogen and oxygen atoms in total. The van der Waals surface area contributed by atoms with Crippen molar-refractivity contribution in [1.82, 2.24) is 9.97 Å². The minimum atomic E-state index is -0.951. The van der Waals surface area contributed by atoms with Crippen LogP contribution in [0, 0.1) is 0 Å². The second-order valence-corrected chi connectivity index (χ2v) is 4.53. The summed E-state index contributed by atoms with van der Waals surface area (Å²) in [7, 11) is 3.72. The molecule has 1 aromatic rings. The van der Waals surface area contributed by atoms with Crippen LogP contribution < -0.4 is 4.90 Å². The number of anilines is 1. The maximum atomic E-state index is 11.0. The van der Waals surface area contributed by atoms with Gasteiger partial charge in [-0.1, -0.05) is 18.7 Å². The normalized spacial score (nSPS) is 12.2. The number of aromatic nitrogens is 2. The van der Waals surface area contributed by atoms with Crippen molar-refractivity contribution in [3.63, 3.8) is 0 Å². The average molecular weight is 273 g/mol.